The third-order valence-electron chi connectivity index (χ3n) is 2.54. The van der Waals surface area contributed by atoms with Crippen molar-refractivity contribution < 1.29 is 0 Å². The van der Waals surface area contributed by atoms with Gasteiger partial charge < -0.3 is 10.6 Å². The minimum absolute atomic E-state index is 0.148. The van der Waals surface area contributed by atoms with Crippen molar-refractivity contribution in [3.63, 3.8) is 0 Å². The second-order valence-electron chi connectivity index (χ2n) is 5.06. The van der Waals surface area contributed by atoms with Crippen LogP contribution in [0.2, 0.25) is 0 Å². The Kier molecular flexibility index (Phi) is 4.74. The van der Waals surface area contributed by atoms with Crippen LogP contribution in [0.15, 0.2) is 5.38 Å². The van der Waals surface area contributed by atoms with E-state index in [4.69, 9.17) is 5.73 Å². The van der Waals surface area contributed by atoms with E-state index in [1.54, 1.807) is 11.3 Å². The fourth-order valence-electron chi connectivity index (χ4n) is 1.58. The molecule has 0 atom stereocenters. The van der Waals surface area contributed by atoms with Gasteiger partial charge in [0, 0.05) is 18.5 Å². The van der Waals surface area contributed by atoms with Crippen LogP contribution >= 0.6 is 11.3 Å². The monoisotopic (exact) mass is 241 g/mol. The first-order chi connectivity index (χ1) is 7.48. The molecule has 0 aliphatic heterocycles. The van der Waals surface area contributed by atoms with E-state index in [1.807, 2.05) is 6.92 Å². The Balaban J connectivity index is 2.75. The molecule has 0 spiro atoms. The Morgan fingerprint density at radius 2 is 2.19 bits per heavy atom. The van der Waals surface area contributed by atoms with Gasteiger partial charge in [-0.2, -0.15) is 0 Å². The quantitative estimate of drug-likeness (QED) is 0.832. The number of thiazole rings is 1. The number of aromatic nitrogens is 1. The molecule has 1 aromatic rings. The number of nitrogens with zero attached hydrogens (tertiary/aromatic N) is 2. The van der Waals surface area contributed by atoms with Crippen molar-refractivity contribution in [3.05, 3.63) is 11.1 Å². The predicted octanol–water partition coefficient (Wildman–Crippen LogP) is 2.65. The van der Waals surface area contributed by atoms with Crippen LogP contribution in [0, 0.1) is 12.3 Å². The van der Waals surface area contributed by atoms with Gasteiger partial charge in [-0.15, -0.1) is 11.3 Å². The summed E-state index contributed by atoms with van der Waals surface area (Å²) >= 11 is 1.72. The lowest BCUT2D eigenvalue weighted by Crippen LogP contribution is -2.39. The van der Waals surface area contributed by atoms with Crippen molar-refractivity contribution in [2.24, 2.45) is 11.1 Å². The zero-order valence-corrected chi connectivity index (χ0v) is 11.6. The highest BCUT2D eigenvalue weighted by atomic mass is 32.1. The van der Waals surface area contributed by atoms with Crippen molar-refractivity contribution in [1.29, 1.82) is 0 Å². The minimum atomic E-state index is 0.148. The summed E-state index contributed by atoms with van der Waals surface area (Å²) in [5.41, 5.74) is 7.04. The highest BCUT2D eigenvalue weighted by Gasteiger charge is 2.21. The number of hydrogen-bond donors (Lipinski definition) is 1. The van der Waals surface area contributed by atoms with E-state index in [-0.39, 0.29) is 5.41 Å². The summed E-state index contributed by atoms with van der Waals surface area (Å²) in [6, 6.07) is 0. The van der Waals surface area contributed by atoms with Gasteiger partial charge in [0.25, 0.3) is 0 Å². The van der Waals surface area contributed by atoms with E-state index in [9.17, 15) is 0 Å². The smallest absolute Gasteiger partial charge is 0.185 e. The molecule has 0 saturated heterocycles. The summed E-state index contributed by atoms with van der Waals surface area (Å²) in [6.45, 7) is 11.4. The Morgan fingerprint density at radius 1 is 1.50 bits per heavy atom. The number of hydrogen-bond acceptors (Lipinski definition) is 4. The molecular weight excluding hydrogens is 218 g/mol. The van der Waals surface area contributed by atoms with Crippen molar-refractivity contribution in [2.45, 2.75) is 34.1 Å². The molecule has 92 valence electrons. The second kappa shape index (κ2) is 5.64. The lowest BCUT2D eigenvalue weighted by atomic mass is 9.93. The number of nitrogens with two attached hydrogens (primary N) is 1. The zero-order valence-electron chi connectivity index (χ0n) is 10.8. The summed E-state index contributed by atoms with van der Waals surface area (Å²) in [7, 11) is 0. The Morgan fingerprint density at radius 3 is 2.62 bits per heavy atom. The van der Waals surface area contributed by atoms with E-state index < -0.39 is 0 Å². The minimum Gasteiger partial charge on any atom is -0.348 e. The average Bonchev–Trinajstić information content (AvgIpc) is 2.64. The normalized spacial score (nSPS) is 11.8. The van der Waals surface area contributed by atoms with Gasteiger partial charge in [-0.05, 0) is 25.3 Å². The SMILES string of the molecule is CCCN(CC(C)(C)CN)c1nc(C)cs1. The molecule has 0 unspecified atom stereocenters. The summed E-state index contributed by atoms with van der Waals surface area (Å²) in [6.07, 6.45) is 1.14. The molecule has 16 heavy (non-hydrogen) atoms. The second-order valence-corrected chi connectivity index (χ2v) is 5.90. The van der Waals surface area contributed by atoms with Crippen LogP contribution in [0.1, 0.15) is 32.9 Å². The van der Waals surface area contributed by atoms with E-state index in [0.29, 0.717) is 6.54 Å². The average molecular weight is 241 g/mol. The lowest BCUT2D eigenvalue weighted by molar-refractivity contribution is 0.377. The molecule has 0 radical (unpaired) electrons. The van der Waals surface area contributed by atoms with Crippen LogP contribution < -0.4 is 10.6 Å². The maximum Gasteiger partial charge on any atom is 0.185 e. The van der Waals surface area contributed by atoms with Gasteiger partial charge in [0.2, 0.25) is 0 Å². The largest absolute Gasteiger partial charge is 0.348 e. The van der Waals surface area contributed by atoms with Crippen LogP contribution in [0.25, 0.3) is 0 Å². The van der Waals surface area contributed by atoms with Gasteiger partial charge in [-0.3, -0.25) is 0 Å². The molecule has 2 N–H and O–H groups in total. The zero-order chi connectivity index (χ0) is 12.2. The molecule has 3 nitrogen and oxygen atoms in total. The molecule has 0 saturated carbocycles. The fourth-order valence-corrected chi connectivity index (χ4v) is 2.41. The molecule has 0 aliphatic rings. The van der Waals surface area contributed by atoms with Crippen molar-refractivity contribution in [2.75, 3.05) is 24.5 Å². The lowest BCUT2D eigenvalue weighted by Gasteiger charge is -2.31. The van der Waals surface area contributed by atoms with Crippen molar-refractivity contribution in [1.82, 2.24) is 4.98 Å². The van der Waals surface area contributed by atoms with Crippen LogP contribution in [-0.2, 0) is 0 Å². The first kappa shape index (κ1) is 13.5. The first-order valence-corrected chi connectivity index (χ1v) is 6.73. The van der Waals surface area contributed by atoms with E-state index in [1.165, 1.54) is 0 Å². The van der Waals surface area contributed by atoms with Crippen LogP contribution in [0.4, 0.5) is 5.13 Å². The van der Waals surface area contributed by atoms with E-state index in [0.717, 1.165) is 30.3 Å². The molecule has 0 aromatic carbocycles. The van der Waals surface area contributed by atoms with E-state index in [2.05, 4.69) is 36.0 Å². The highest BCUT2D eigenvalue weighted by molar-refractivity contribution is 7.13. The maximum atomic E-state index is 5.79. The molecule has 1 rings (SSSR count). The molecule has 1 heterocycles. The molecule has 0 bridgehead atoms. The van der Waals surface area contributed by atoms with Crippen molar-refractivity contribution >= 4 is 16.5 Å². The molecular formula is C12H23N3S. The van der Waals surface area contributed by atoms with Crippen LogP contribution in [-0.4, -0.2) is 24.6 Å². The maximum absolute atomic E-state index is 5.79. The molecule has 1 aromatic heterocycles. The molecule has 4 heteroatoms. The molecule has 0 aliphatic carbocycles. The van der Waals surface area contributed by atoms with Gasteiger partial charge in [0.1, 0.15) is 0 Å². The summed E-state index contributed by atoms with van der Waals surface area (Å²) in [5, 5.41) is 3.23. The fraction of sp³-hybridized carbons (Fsp3) is 0.750. The summed E-state index contributed by atoms with van der Waals surface area (Å²) in [4.78, 5) is 6.90. The number of rotatable bonds is 6. The van der Waals surface area contributed by atoms with Crippen LogP contribution in [0.5, 0.6) is 0 Å². The summed E-state index contributed by atoms with van der Waals surface area (Å²) in [5.74, 6) is 0. The van der Waals surface area contributed by atoms with E-state index >= 15 is 0 Å². The highest BCUT2D eigenvalue weighted by Crippen LogP contribution is 2.24. The Bertz CT molecular complexity index is 320. The Hall–Kier alpha value is -0.610. The standard InChI is InChI=1S/C12H23N3S/c1-5-6-15(9-12(3,4)8-13)11-14-10(2)7-16-11/h7H,5-6,8-9,13H2,1-4H3. The first-order valence-electron chi connectivity index (χ1n) is 5.85. The predicted molar refractivity (Wildman–Crippen MR) is 72.2 cm³/mol. The molecule has 0 amide bonds. The van der Waals surface area contributed by atoms with Gasteiger partial charge in [-0.1, -0.05) is 20.8 Å². The van der Waals surface area contributed by atoms with Crippen molar-refractivity contribution in [3.8, 4) is 0 Å². The topological polar surface area (TPSA) is 42.1 Å². The van der Waals surface area contributed by atoms with Gasteiger partial charge >= 0.3 is 0 Å². The third kappa shape index (κ3) is 3.76. The van der Waals surface area contributed by atoms with Crippen LogP contribution in [0.3, 0.4) is 0 Å². The number of anilines is 1. The number of aryl methyl sites for hydroxylation is 1. The molecule has 0 fully saturated rings. The summed E-state index contributed by atoms with van der Waals surface area (Å²) < 4.78 is 0. The van der Waals surface area contributed by atoms with Gasteiger partial charge in [0.05, 0.1) is 5.69 Å². The third-order valence-corrected chi connectivity index (χ3v) is 3.56. The van der Waals surface area contributed by atoms with Gasteiger partial charge in [0.15, 0.2) is 5.13 Å². The van der Waals surface area contributed by atoms with Gasteiger partial charge in [-0.25, -0.2) is 4.98 Å². The Labute approximate surface area is 103 Å².